The number of methoxy groups -OCH3 is 1. The Hall–Kier alpha value is -0.930. The number of hydrogen-bond acceptors (Lipinski definition) is 3. The molecule has 0 saturated heterocycles. The molecular formula is C14H20ClNO2. The molecule has 1 saturated carbocycles. The zero-order valence-electron chi connectivity index (χ0n) is 10.7. The molecule has 0 bridgehead atoms. The van der Waals surface area contributed by atoms with Gasteiger partial charge < -0.3 is 15.2 Å². The summed E-state index contributed by atoms with van der Waals surface area (Å²) in [5.41, 5.74) is 0.362. The number of hydrogen-bond donors (Lipinski definition) is 2. The minimum atomic E-state index is -0.564. The minimum absolute atomic E-state index is 0.564. The van der Waals surface area contributed by atoms with E-state index in [0.29, 0.717) is 17.3 Å². The quantitative estimate of drug-likeness (QED) is 0.880. The molecule has 1 aliphatic carbocycles. The third-order valence-corrected chi connectivity index (χ3v) is 3.87. The predicted molar refractivity (Wildman–Crippen MR) is 74.5 cm³/mol. The highest BCUT2D eigenvalue weighted by molar-refractivity contribution is 6.32. The van der Waals surface area contributed by atoms with Crippen LogP contribution in [0.5, 0.6) is 5.75 Å². The Balaban J connectivity index is 1.97. The van der Waals surface area contributed by atoms with Gasteiger partial charge in [-0.25, -0.2) is 0 Å². The lowest BCUT2D eigenvalue weighted by molar-refractivity contribution is 0.0167. The van der Waals surface area contributed by atoms with E-state index in [4.69, 9.17) is 16.3 Å². The maximum Gasteiger partial charge on any atom is 0.139 e. The number of halogens is 1. The molecule has 0 amide bonds. The Kier molecular flexibility index (Phi) is 4.36. The smallest absolute Gasteiger partial charge is 0.139 e. The highest BCUT2D eigenvalue weighted by Gasteiger charge is 2.28. The van der Waals surface area contributed by atoms with E-state index in [9.17, 15) is 5.11 Å². The van der Waals surface area contributed by atoms with Gasteiger partial charge in [0.15, 0.2) is 0 Å². The largest absolute Gasteiger partial charge is 0.495 e. The zero-order valence-corrected chi connectivity index (χ0v) is 11.5. The van der Waals surface area contributed by atoms with Crippen LogP contribution in [0.1, 0.15) is 32.1 Å². The molecule has 1 fully saturated rings. The molecule has 0 aromatic heterocycles. The monoisotopic (exact) mass is 269 g/mol. The van der Waals surface area contributed by atoms with Crippen LogP contribution in [0.3, 0.4) is 0 Å². The van der Waals surface area contributed by atoms with Crippen LogP contribution in [0.15, 0.2) is 18.2 Å². The van der Waals surface area contributed by atoms with E-state index in [1.807, 2.05) is 12.1 Å². The molecular weight excluding hydrogens is 250 g/mol. The molecule has 1 aromatic rings. The molecule has 0 spiro atoms. The van der Waals surface area contributed by atoms with E-state index in [1.165, 1.54) is 6.42 Å². The fourth-order valence-electron chi connectivity index (χ4n) is 2.42. The Morgan fingerprint density at radius 1 is 1.33 bits per heavy atom. The van der Waals surface area contributed by atoms with Crippen molar-refractivity contribution in [3.63, 3.8) is 0 Å². The summed E-state index contributed by atoms with van der Waals surface area (Å²) in [5, 5.41) is 14.3. The van der Waals surface area contributed by atoms with Crippen molar-refractivity contribution in [2.24, 2.45) is 0 Å². The number of aliphatic hydroxyl groups is 1. The zero-order chi connectivity index (χ0) is 13.0. The number of nitrogens with one attached hydrogen (secondary N) is 1. The van der Waals surface area contributed by atoms with E-state index in [1.54, 1.807) is 13.2 Å². The molecule has 0 aliphatic heterocycles. The van der Waals surface area contributed by atoms with Crippen molar-refractivity contribution in [2.45, 2.75) is 37.7 Å². The van der Waals surface area contributed by atoms with Crippen LogP contribution in [-0.4, -0.2) is 24.4 Å². The molecule has 4 heteroatoms. The van der Waals surface area contributed by atoms with Crippen LogP contribution < -0.4 is 10.1 Å². The first-order valence-corrected chi connectivity index (χ1v) is 6.81. The predicted octanol–water partition coefficient (Wildman–Crippen LogP) is 3.46. The topological polar surface area (TPSA) is 41.5 Å². The normalized spacial score (nSPS) is 18.4. The summed E-state index contributed by atoms with van der Waals surface area (Å²) < 4.78 is 5.17. The van der Waals surface area contributed by atoms with Gasteiger partial charge in [-0.15, -0.1) is 0 Å². The van der Waals surface area contributed by atoms with E-state index < -0.39 is 5.60 Å². The van der Waals surface area contributed by atoms with Crippen molar-refractivity contribution in [1.29, 1.82) is 0 Å². The third-order valence-electron chi connectivity index (χ3n) is 3.56. The summed E-state index contributed by atoms with van der Waals surface area (Å²) in [6, 6.07) is 5.55. The van der Waals surface area contributed by atoms with Gasteiger partial charge in [-0.1, -0.05) is 30.9 Å². The molecule has 2 N–H and O–H groups in total. The summed E-state index contributed by atoms with van der Waals surface area (Å²) in [6.45, 7) is 0.581. The van der Waals surface area contributed by atoms with Crippen molar-refractivity contribution in [1.82, 2.24) is 0 Å². The maximum absolute atomic E-state index is 10.4. The first-order valence-electron chi connectivity index (χ1n) is 6.43. The minimum Gasteiger partial charge on any atom is -0.495 e. The molecule has 0 radical (unpaired) electrons. The van der Waals surface area contributed by atoms with Gasteiger partial charge in [-0.3, -0.25) is 0 Å². The van der Waals surface area contributed by atoms with Crippen LogP contribution >= 0.6 is 11.6 Å². The number of rotatable bonds is 4. The summed E-state index contributed by atoms with van der Waals surface area (Å²) in [5.74, 6) is 0.650. The van der Waals surface area contributed by atoms with Gasteiger partial charge >= 0.3 is 0 Å². The van der Waals surface area contributed by atoms with Gasteiger partial charge in [0.05, 0.1) is 17.7 Å². The van der Waals surface area contributed by atoms with Crippen molar-refractivity contribution in [3.05, 3.63) is 23.2 Å². The van der Waals surface area contributed by atoms with Gasteiger partial charge in [0.2, 0.25) is 0 Å². The van der Waals surface area contributed by atoms with E-state index >= 15 is 0 Å². The van der Waals surface area contributed by atoms with Gasteiger partial charge in [-0.2, -0.15) is 0 Å². The Labute approximate surface area is 113 Å². The lowest BCUT2D eigenvalue weighted by Crippen LogP contribution is -2.38. The average Bonchev–Trinajstić information content (AvgIpc) is 2.39. The van der Waals surface area contributed by atoms with Crippen LogP contribution in [0.25, 0.3) is 0 Å². The fraction of sp³-hybridized carbons (Fsp3) is 0.571. The molecule has 1 aromatic carbocycles. The number of ether oxygens (including phenoxy) is 1. The second-order valence-electron chi connectivity index (χ2n) is 4.99. The summed E-state index contributed by atoms with van der Waals surface area (Å²) in [6.07, 6.45) is 5.22. The SMILES string of the molecule is COc1cc(NCC2(O)CCCCC2)ccc1Cl. The van der Waals surface area contributed by atoms with Crippen molar-refractivity contribution >= 4 is 17.3 Å². The first-order chi connectivity index (χ1) is 8.63. The van der Waals surface area contributed by atoms with Gasteiger partial charge in [0.25, 0.3) is 0 Å². The summed E-state index contributed by atoms with van der Waals surface area (Å²) in [7, 11) is 1.60. The number of anilines is 1. The van der Waals surface area contributed by atoms with Crippen LogP contribution in [0.2, 0.25) is 5.02 Å². The van der Waals surface area contributed by atoms with Crippen molar-refractivity contribution < 1.29 is 9.84 Å². The molecule has 18 heavy (non-hydrogen) atoms. The second kappa shape index (κ2) is 5.81. The first kappa shape index (κ1) is 13.5. The molecule has 100 valence electrons. The molecule has 0 atom stereocenters. The third kappa shape index (κ3) is 3.30. The molecule has 2 rings (SSSR count). The van der Waals surface area contributed by atoms with E-state index in [2.05, 4.69) is 5.32 Å². The lowest BCUT2D eigenvalue weighted by Gasteiger charge is -2.32. The van der Waals surface area contributed by atoms with Crippen LogP contribution in [-0.2, 0) is 0 Å². The molecule has 1 aliphatic rings. The van der Waals surface area contributed by atoms with Gasteiger partial charge in [0.1, 0.15) is 5.75 Å². The second-order valence-corrected chi connectivity index (χ2v) is 5.40. The summed E-state index contributed by atoms with van der Waals surface area (Å²) in [4.78, 5) is 0. The van der Waals surface area contributed by atoms with E-state index in [0.717, 1.165) is 31.4 Å². The Bertz CT molecular complexity index is 403. The van der Waals surface area contributed by atoms with Crippen LogP contribution in [0.4, 0.5) is 5.69 Å². The fourth-order valence-corrected chi connectivity index (χ4v) is 2.62. The van der Waals surface area contributed by atoms with E-state index in [-0.39, 0.29) is 0 Å². The molecule has 0 unspecified atom stereocenters. The Morgan fingerprint density at radius 3 is 2.72 bits per heavy atom. The van der Waals surface area contributed by atoms with Crippen LogP contribution in [0, 0.1) is 0 Å². The van der Waals surface area contributed by atoms with Crippen molar-refractivity contribution in [2.75, 3.05) is 19.0 Å². The maximum atomic E-state index is 10.4. The van der Waals surface area contributed by atoms with Gasteiger partial charge in [-0.05, 0) is 25.0 Å². The number of benzene rings is 1. The van der Waals surface area contributed by atoms with Gasteiger partial charge in [0, 0.05) is 18.3 Å². The lowest BCUT2D eigenvalue weighted by atomic mass is 9.85. The highest BCUT2D eigenvalue weighted by atomic mass is 35.5. The average molecular weight is 270 g/mol. The molecule has 0 heterocycles. The van der Waals surface area contributed by atoms with Crippen molar-refractivity contribution in [3.8, 4) is 5.75 Å². The standard InChI is InChI=1S/C14H20ClNO2/c1-18-13-9-11(5-6-12(13)15)16-10-14(17)7-3-2-4-8-14/h5-6,9,16-17H,2-4,7-8,10H2,1H3. The summed E-state index contributed by atoms with van der Waals surface area (Å²) >= 11 is 5.97. The molecule has 3 nitrogen and oxygen atoms in total. The Morgan fingerprint density at radius 2 is 2.06 bits per heavy atom. The highest BCUT2D eigenvalue weighted by Crippen LogP contribution is 2.30.